The van der Waals surface area contributed by atoms with Crippen LogP contribution >= 0.6 is 0 Å². The van der Waals surface area contributed by atoms with Gasteiger partial charge in [-0.25, -0.2) is 0 Å². The van der Waals surface area contributed by atoms with Crippen LogP contribution in [0, 0.1) is 11.8 Å². The Hall–Kier alpha value is -3.89. The molecule has 2 aromatic carbocycles. The van der Waals surface area contributed by atoms with Gasteiger partial charge in [-0.3, -0.25) is 19.4 Å². The van der Waals surface area contributed by atoms with Gasteiger partial charge in [0, 0.05) is 17.7 Å². The van der Waals surface area contributed by atoms with Crippen molar-refractivity contribution in [1.82, 2.24) is 10.2 Å². The minimum atomic E-state index is -4.82. The summed E-state index contributed by atoms with van der Waals surface area (Å²) in [5.41, 5.74) is 1.08. The zero-order valence-electron chi connectivity index (χ0n) is 24.6. The van der Waals surface area contributed by atoms with E-state index in [0.29, 0.717) is 42.2 Å². The quantitative estimate of drug-likeness (QED) is 0.306. The predicted molar refractivity (Wildman–Crippen MR) is 155 cm³/mol. The molecule has 11 heteroatoms. The molecule has 4 rings (SSSR count). The molecule has 1 spiro atoms. The predicted octanol–water partition coefficient (Wildman–Crippen LogP) is 6.50. The molecule has 232 valence electrons. The van der Waals surface area contributed by atoms with Crippen LogP contribution in [-0.2, 0) is 9.59 Å². The van der Waals surface area contributed by atoms with Crippen molar-refractivity contribution in [3.8, 4) is 5.75 Å². The Balaban J connectivity index is 1.65. The monoisotopic (exact) mass is 601 g/mol. The molecule has 2 N–H and O–H groups in total. The van der Waals surface area contributed by atoms with E-state index in [1.54, 1.807) is 12.1 Å². The van der Waals surface area contributed by atoms with Crippen molar-refractivity contribution in [2.75, 3.05) is 6.54 Å². The fourth-order valence-electron chi connectivity index (χ4n) is 6.13. The second kappa shape index (κ2) is 13.2. The number of aliphatic carboxylic acids is 1. The molecule has 1 atom stereocenters. The van der Waals surface area contributed by atoms with E-state index in [9.17, 15) is 27.6 Å². The van der Waals surface area contributed by atoms with Gasteiger partial charge < -0.3 is 20.1 Å². The largest absolute Gasteiger partial charge is 0.573 e. The topological polar surface area (TPSA) is 108 Å². The van der Waals surface area contributed by atoms with Crippen LogP contribution in [0.25, 0.3) is 0 Å². The molecule has 43 heavy (non-hydrogen) atoms. The molecule has 0 aromatic heterocycles. The molecule has 0 radical (unpaired) electrons. The zero-order chi connectivity index (χ0) is 31.4. The summed E-state index contributed by atoms with van der Waals surface area (Å²) in [5, 5.41) is 11.4. The van der Waals surface area contributed by atoms with Gasteiger partial charge in [-0.1, -0.05) is 39.3 Å². The molecule has 2 aliphatic rings. The maximum Gasteiger partial charge on any atom is 0.573 e. The molecule has 2 aromatic rings. The van der Waals surface area contributed by atoms with Gasteiger partial charge in [0.05, 0.1) is 12.5 Å². The summed E-state index contributed by atoms with van der Waals surface area (Å²) in [7, 11) is 0. The van der Waals surface area contributed by atoms with Gasteiger partial charge in [0.2, 0.25) is 0 Å². The van der Waals surface area contributed by atoms with Crippen molar-refractivity contribution in [3.63, 3.8) is 0 Å². The third kappa shape index (κ3) is 7.55. The second-order valence-corrected chi connectivity index (χ2v) is 11.6. The molecule has 8 nitrogen and oxygen atoms in total. The van der Waals surface area contributed by atoms with Crippen molar-refractivity contribution in [1.29, 1.82) is 0 Å². The lowest BCUT2D eigenvalue weighted by atomic mass is 9.76. The second-order valence-electron chi connectivity index (χ2n) is 11.6. The number of carboxylic acid groups (broad SMARTS) is 1. The zero-order valence-corrected chi connectivity index (χ0v) is 24.6. The van der Waals surface area contributed by atoms with Gasteiger partial charge in [0.25, 0.3) is 11.8 Å². The SMILES string of the molecule is CCCC(c1ccc(C(=O)NCCC(=O)O)cc1)N1C(=O)C(c2ccc(OC(F)(F)F)cc2)=NC12CCC(C(C)C)CC2. The molecular weight excluding hydrogens is 563 g/mol. The highest BCUT2D eigenvalue weighted by Crippen LogP contribution is 2.48. The number of hydrogen-bond donors (Lipinski definition) is 2. The summed E-state index contributed by atoms with van der Waals surface area (Å²) in [6.07, 6.45) is -0.452. The molecule has 1 aliphatic heterocycles. The average Bonchev–Trinajstić information content (AvgIpc) is 3.22. The number of alkyl halides is 3. The van der Waals surface area contributed by atoms with Crippen molar-refractivity contribution in [2.45, 2.75) is 83.8 Å². The number of carbonyl (C=O) groups excluding carboxylic acids is 2. The van der Waals surface area contributed by atoms with E-state index in [-0.39, 0.29) is 42.3 Å². The van der Waals surface area contributed by atoms with Crippen LogP contribution in [-0.4, -0.2) is 52.1 Å². The Bertz CT molecular complexity index is 1330. The van der Waals surface area contributed by atoms with Gasteiger partial charge in [-0.2, -0.15) is 0 Å². The van der Waals surface area contributed by atoms with Gasteiger partial charge in [-0.15, -0.1) is 13.2 Å². The van der Waals surface area contributed by atoms with E-state index in [4.69, 9.17) is 10.1 Å². The number of carbonyl (C=O) groups is 3. The first-order valence-electron chi connectivity index (χ1n) is 14.7. The van der Waals surface area contributed by atoms with Gasteiger partial charge in [0.1, 0.15) is 17.1 Å². The van der Waals surface area contributed by atoms with E-state index < -0.39 is 18.0 Å². The van der Waals surface area contributed by atoms with Crippen molar-refractivity contribution in [2.24, 2.45) is 16.8 Å². The van der Waals surface area contributed by atoms with E-state index in [1.165, 1.54) is 24.3 Å². The number of amides is 2. The Morgan fingerprint density at radius 2 is 1.72 bits per heavy atom. The van der Waals surface area contributed by atoms with Crippen LogP contribution in [0.5, 0.6) is 5.75 Å². The number of benzene rings is 2. The summed E-state index contributed by atoms with van der Waals surface area (Å²) in [4.78, 5) is 44.4. The fourth-order valence-corrected chi connectivity index (χ4v) is 6.13. The van der Waals surface area contributed by atoms with Crippen molar-refractivity contribution >= 4 is 23.5 Å². The third-order valence-corrected chi connectivity index (χ3v) is 8.38. The summed E-state index contributed by atoms with van der Waals surface area (Å²) in [5.74, 6) is -1.04. The van der Waals surface area contributed by atoms with Crippen LogP contribution in [0.4, 0.5) is 13.2 Å². The number of hydrogen-bond acceptors (Lipinski definition) is 5. The first kappa shape index (κ1) is 32.0. The Morgan fingerprint density at radius 1 is 1.09 bits per heavy atom. The highest BCUT2D eigenvalue weighted by atomic mass is 19.4. The van der Waals surface area contributed by atoms with Crippen LogP contribution in [0.2, 0.25) is 0 Å². The Labute approximate surface area is 249 Å². The fraction of sp³-hybridized carbons (Fsp3) is 0.500. The first-order valence-corrected chi connectivity index (χ1v) is 14.7. The summed E-state index contributed by atoms with van der Waals surface area (Å²) in [6, 6.07) is 11.9. The molecule has 1 aliphatic carbocycles. The lowest BCUT2D eigenvalue weighted by Crippen LogP contribution is -2.51. The number of aliphatic imine (C=N–C) groups is 1. The smallest absolute Gasteiger partial charge is 0.481 e. The Kier molecular flexibility index (Phi) is 9.82. The normalized spacial score (nSPS) is 21.2. The number of rotatable bonds is 11. The number of ether oxygens (including phenoxy) is 1. The maximum absolute atomic E-state index is 14.2. The average molecular weight is 602 g/mol. The van der Waals surface area contributed by atoms with E-state index in [2.05, 4.69) is 23.9 Å². The van der Waals surface area contributed by atoms with Gasteiger partial charge >= 0.3 is 12.3 Å². The lowest BCUT2D eigenvalue weighted by molar-refractivity contribution is -0.274. The summed E-state index contributed by atoms with van der Waals surface area (Å²) in [6.45, 7) is 6.43. The molecule has 0 saturated heterocycles. The van der Waals surface area contributed by atoms with E-state index >= 15 is 0 Å². The maximum atomic E-state index is 14.2. The lowest BCUT2D eigenvalue weighted by Gasteiger charge is -2.46. The van der Waals surface area contributed by atoms with E-state index in [1.807, 2.05) is 24.0 Å². The number of nitrogens with one attached hydrogen (secondary N) is 1. The molecule has 0 bridgehead atoms. The molecule has 1 saturated carbocycles. The molecular formula is C32H38F3N3O5. The van der Waals surface area contributed by atoms with Crippen molar-refractivity contribution in [3.05, 3.63) is 65.2 Å². The number of halogens is 3. The summed E-state index contributed by atoms with van der Waals surface area (Å²) < 4.78 is 42.1. The molecule has 1 heterocycles. The summed E-state index contributed by atoms with van der Waals surface area (Å²) >= 11 is 0. The first-order chi connectivity index (χ1) is 20.3. The minimum Gasteiger partial charge on any atom is -0.481 e. The van der Waals surface area contributed by atoms with Crippen molar-refractivity contribution < 1.29 is 37.4 Å². The molecule has 1 fully saturated rings. The number of nitrogens with zero attached hydrogens (tertiary/aromatic N) is 2. The molecule has 2 amide bonds. The Morgan fingerprint density at radius 3 is 2.26 bits per heavy atom. The minimum absolute atomic E-state index is 0.0139. The van der Waals surface area contributed by atoms with E-state index in [0.717, 1.165) is 24.8 Å². The van der Waals surface area contributed by atoms with Crippen LogP contribution in [0.1, 0.15) is 93.2 Å². The van der Waals surface area contributed by atoms with Gasteiger partial charge in [-0.05, 0) is 85.9 Å². The molecule has 1 unspecified atom stereocenters. The van der Waals surface area contributed by atoms with Crippen LogP contribution in [0.3, 0.4) is 0 Å². The highest BCUT2D eigenvalue weighted by Gasteiger charge is 2.52. The number of carboxylic acids is 1. The van der Waals surface area contributed by atoms with Gasteiger partial charge in [0.15, 0.2) is 0 Å². The van der Waals surface area contributed by atoms with Crippen LogP contribution in [0.15, 0.2) is 53.5 Å². The standard InChI is InChI=1S/C32H38F3N3O5/c1-4-5-26(22-6-8-24(9-7-22)29(41)36-19-16-27(39)40)38-30(42)28(23-10-12-25(13-11-23)43-32(33,34)35)37-31(38)17-14-21(15-18-31)20(2)3/h6-13,20-21,26H,4-5,14-19H2,1-3H3,(H,36,41)(H,39,40). The van der Waals surface area contributed by atoms with Crippen LogP contribution < -0.4 is 10.1 Å². The highest BCUT2D eigenvalue weighted by molar-refractivity contribution is 6.46. The third-order valence-electron chi connectivity index (χ3n) is 8.38.